The zero-order valence-electron chi connectivity index (χ0n) is 12.4. The van der Waals surface area contributed by atoms with Crippen LogP contribution in [-0.4, -0.2) is 24.9 Å². The zero-order chi connectivity index (χ0) is 16.8. The minimum absolute atomic E-state index is 0.0438. The van der Waals surface area contributed by atoms with Crippen LogP contribution in [0.25, 0.3) is 0 Å². The van der Waals surface area contributed by atoms with E-state index in [1.54, 1.807) is 0 Å². The van der Waals surface area contributed by atoms with Crippen molar-refractivity contribution in [2.24, 2.45) is 5.73 Å². The van der Waals surface area contributed by atoms with Gasteiger partial charge in [-0.2, -0.15) is 0 Å². The SMILES string of the molecule is COC(=O)CC(NC(=O)c1ccc(C(N)=O)cc1)c1cccs1. The maximum absolute atomic E-state index is 12.3. The van der Waals surface area contributed by atoms with Crippen molar-refractivity contribution in [2.45, 2.75) is 12.5 Å². The van der Waals surface area contributed by atoms with Gasteiger partial charge >= 0.3 is 5.97 Å². The fourth-order valence-electron chi connectivity index (χ4n) is 1.99. The van der Waals surface area contributed by atoms with E-state index < -0.39 is 17.9 Å². The molecule has 0 spiro atoms. The van der Waals surface area contributed by atoms with Gasteiger partial charge in [0.15, 0.2) is 0 Å². The van der Waals surface area contributed by atoms with Crippen LogP contribution in [0.5, 0.6) is 0 Å². The number of primary amides is 1. The minimum Gasteiger partial charge on any atom is -0.469 e. The van der Waals surface area contributed by atoms with Crippen molar-refractivity contribution in [1.82, 2.24) is 5.32 Å². The number of hydrogen-bond donors (Lipinski definition) is 2. The van der Waals surface area contributed by atoms with Crippen LogP contribution in [0.1, 0.15) is 38.1 Å². The Hall–Kier alpha value is -2.67. The molecule has 0 fully saturated rings. The molecule has 2 aromatic rings. The number of carbonyl (C=O) groups is 3. The van der Waals surface area contributed by atoms with E-state index in [1.165, 1.54) is 42.7 Å². The van der Waals surface area contributed by atoms with Crippen LogP contribution >= 0.6 is 11.3 Å². The van der Waals surface area contributed by atoms with Gasteiger partial charge in [-0.25, -0.2) is 0 Å². The molecule has 0 aliphatic rings. The Kier molecular flexibility index (Phi) is 5.48. The van der Waals surface area contributed by atoms with Crippen molar-refractivity contribution in [3.63, 3.8) is 0 Å². The van der Waals surface area contributed by atoms with Crippen LogP contribution < -0.4 is 11.1 Å². The molecule has 0 radical (unpaired) electrons. The molecule has 0 saturated carbocycles. The first kappa shape index (κ1) is 16.7. The summed E-state index contributed by atoms with van der Waals surface area (Å²) in [6.07, 6.45) is 0.0438. The molecule has 2 rings (SSSR count). The standard InChI is InChI=1S/C16H16N2O4S/c1-22-14(19)9-12(13-3-2-8-23-13)18-16(21)11-6-4-10(5-7-11)15(17)20/h2-8,12H,9H2,1H3,(H2,17,20)(H,18,21). The molecule has 120 valence electrons. The van der Waals surface area contributed by atoms with Crippen LogP contribution in [0.2, 0.25) is 0 Å². The Balaban J connectivity index is 2.13. The number of rotatable bonds is 6. The smallest absolute Gasteiger partial charge is 0.307 e. The van der Waals surface area contributed by atoms with Crippen molar-refractivity contribution < 1.29 is 19.1 Å². The summed E-state index contributed by atoms with van der Waals surface area (Å²) in [5.74, 6) is -1.31. The monoisotopic (exact) mass is 332 g/mol. The predicted octanol–water partition coefficient (Wildman–Crippen LogP) is 1.88. The second-order valence-corrected chi connectivity index (χ2v) is 5.74. The summed E-state index contributed by atoms with van der Waals surface area (Å²) in [4.78, 5) is 35.8. The van der Waals surface area contributed by atoms with Crippen LogP contribution in [-0.2, 0) is 9.53 Å². The van der Waals surface area contributed by atoms with Gasteiger partial charge in [0.05, 0.1) is 19.6 Å². The first-order valence-electron chi connectivity index (χ1n) is 6.82. The number of esters is 1. The number of amides is 2. The normalized spacial score (nSPS) is 11.5. The third-order valence-corrected chi connectivity index (χ3v) is 4.21. The maximum atomic E-state index is 12.3. The number of hydrogen-bond acceptors (Lipinski definition) is 5. The predicted molar refractivity (Wildman–Crippen MR) is 86.1 cm³/mol. The molecule has 0 aliphatic heterocycles. The van der Waals surface area contributed by atoms with E-state index in [0.717, 1.165) is 4.88 Å². The molecule has 0 aliphatic carbocycles. The van der Waals surface area contributed by atoms with E-state index in [-0.39, 0.29) is 12.3 Å². The van der Waals surface area contributed by atoms with Crippen LogP contribution in [0.4, 0.5) is 0 Å². The molecular weight excluding hydrogens is 316 g/mol. The largest absolute Gasteiger partial charge is 0.469 e. The third kappa shape index (κ3) is 4.40. The van der Waals surface area contributed by atoms with Crippen molar-refractivity contribution in [2.75, 3.05) is 7.11 Å². The second-order valence-electron chi connectivity index (χ2n) is 4.76. The number of thiophene rings is 1. The van der Waals surface area contributed by atoms with Crippen molar-refractivity contribution >= 4 is 29.1 Å². The Labute approximate surface area is 137 Å². The molecule has 6 nitrogen and oxygen atoms in total. The first-order valence-corrected chi connectivity index (χ1v) is 7.70. The molecule has 1 unspecified atom stereocenters. The lowest BCUT2D eigenvalue weighted by Crippen LogP contribution is -2.30. The highest BCUT2D eigenvalue weighted by Gasteiger charge is 2.20. The van der Waals surface area contributed by atoms with Gasteiger partial charge in [0.2, 0.25) is 5.91 Å². The van der Waals surface area contributed by atoms with Crippen LogP contribution in [0.15, 0.2) is 41.8 Å². The van der Waals surface area contributed by atoms with E-state index in [2.05, 4.69) is 10.1 Å². The van der Waals surface area contributed by atoms with Gasteiger partial charge in [0.1, 0.15) is 0 Å². The van der Waals surface area contributed by atoms with Gasteiger partial charge in [0.25, 0.3) is 5.91 Å². The van der Waals surface area contributed by atoms with Crippen LogP contribution in [0, 0.1) is 0 Å². The third-order valence-electron chi connectivity index (χ3n) is 3.22. The Morgan fingerprint density at radius 2 is 1.83 bits per heavy atom. The highest BCUT2D eigenvalue weighted by atomic mass is 32.1. The summed E-state index contributed by atoms with van der Waals surface area (Å²) >= 11 is 1.44. The lowest BCUT2D eigenvalue weighted by atomic mass is 10.1. The molecule has 2 amide bonds. The summed E-state index contributed by atoms with van der Waals surface area (Å²) in [5.41, 5.74) is 5.87. The average molecular weight is 332 g/mol. The van der Waals surface area contributed by atoms with Crippen molar-refractivity contribution in [3.8, 4) is 0 Å². The fraction of sp³-hybridized carbons (Fsp3) is 0.188. The average Bonchev–Trinajstić information content (AvgIpc) is 3.08. The summed E-state index contributed by atoms with van der Waals surface area (Å²) in [6, 6.07) is 9.21. The van der Waals surface area contributed by atoms with Crippen molar-refractivity contribution in [3.05, 3.63) is 57.8 Å². The van der Waals surface area contributed by atoms with Gasteiger partial charge in [-0.15, -0.1) is 11.3 Å². The number of carbonyl (C=O) groups excluding carboxylic acids is 3. The molecule has 1 atom stereocenters. The molecule has 0 saturated heterocycles. The second kappa shape index (κ2) is 7.55. The quantitative estimate of drug-likeness (QED) is 0.789. The Morgan fingerprint density at radius 3 is 2.35 bits per heavy atom. The van der Waals surface area contributed by atoms with Gasteiger partial charge in [-0.1, -0.05) is 6.07 Å². The molecule has 7 heteroatoms. The molecule has 1 aromatic heterocycles. The summed E-state index contributed by atoms with van der Waals surface area (Å²) < 4.78 is 4.67. The van der Waals surface area contributed by atoms with Gasteiger partial charge in [0, 0.05) is 16.0 Å². The highest BCUT2D eigenvalue weighted by molar-refractivity contribution is 7.10. The number of nitrogens with two attached hydrogens (primary N) is 1. The lowest BCUT2D eigenvalue weighted by molar-refractivity contribution is -0.141. The van der Waals surface area contributed by atoms with Crippen molar-refractivity contribution in [1.29, 1.82) is 0 Å². The highest BCUT2D eigenvalue weighted by Crippen LogP contribution is 2.23. The maximum Gasteiger partial charge on any atom is 0.307 e. The molecule has 1 heterocycles. The van der Waals surface area contributed by atoms with Gasteiger partial charge < -0.3 is 15.8 Å². The Morgan fingerprint density at radius 1 is 1.17 bits per heavy atom. The zero-order valence-corrected chi connectivity index (χ0v) is 13.3. The molecular formula is C16H16N2O4S. The Bertz CT molecular complexity index is 695. The number of nitrogens with one attached hydrogen (secondary N) is 1. The lowest BCUT2D eigenvalue weighted by Gasteiger charge is -2.16. The van der Waals surface area contributed by atoms with Gasteiger partial charge in [-0.3, -0.25) is 14.4 Å². The number of benzene rings is 1. The fourth-order valence-corrected chi connectivity index (χ4v) is 2.77. The van der Waals surface area contributed by atoms with E-state index >= 15 is 0 Å². The minimum atomic E-state index is -0.556. The van der Waals surface area contributed by atoms with E-state index in [1.807, 2.05) is 17.5 Å². The summed E-state index contributed by atoms with van der Waals surface area (Å²) in [6.45, 7) is 0. The van der Waals surface area contributed by atoms with E-state index in [0.29, 0.717) is 11.1 Å². The number of ether oxygens (including phenoxy) is 1. The topological polar surface area (TPSA) is 98.5 Å². The summed E-state index contributed by atoms with van der Waals surface area (Å²) in [5, 5.41) is 4.67. The number of methoxy groups -OCH3 is 1. The first-order chi connectivity index (χ1) is 11.0. The van der Waals surface area contributed by atoms with E-state index in [4.69, 9.17) is 5.73 Å². The molecule has 23 heavy (non-hydrogen) atoms. The molecule has 3 N–H and O–H groups in total. The molecule has 1 aromatic carbocycles. The van der Waals surface area contributed by atoms with Crippen LogP contribution in [0.3, 0.4) is 0 Å². The van der Waals surface area contributed by atoms with E-state index in [9.17, 15) is 14.4 Å². The summed E-state index contributed by atoms with van der Waals surface area (Å²) in [7, 11) is 1.30. The van der Waals surface area contributed by atoms with Gasteiger partial charge in [-0.05, 0) is 35.7 Å². The molecule has 0 bridgehead atoms.